The van der Waals surface area contributed by atoms with E-state index in [0.29, 0.717) is 11.2 Å². The molecule has 3 heterocycles. The van der Waals surface area contributed by atoms with E-state index in [2.05, 4.69) is 10.1 Å². The lowest BCUT2D eigenvalue weighted by atomic mass is 9.93. The van der Waals surface area contributed by atoms with Crippen LogP contribution < -0.4 is 5.73 Å². The number of carbonyl (C=O) groups is 3. The summed E-state index contributed by atoms with van der Waals surface area (Å²) in [6.07, 6.45) is -2.73. The Bertz CT molecular complexity index is 1360. The van der Waals surface area contributed by atoms with Gasteiger partial charge in [-0.1, -0.05) is 20.8 Å². The lowest BCUT2D eigenvalue weighted by molar-refractivity contribution is -0.162. The fraction of sp³-hybridized carbons (Fsp3) is 0.654. The largest absolute Gasteiger partial charge is 0.480 e. The molecule has 0 amide bonds. The lowest BCUT2D eigenvalue weighted by Crippen LogP contribution is -2.42. The Balaban J connectivity index is 1.84. The summed E-state index contributed by atoms with van der Waals surface area (Å²) in [6.45, 7) is 8.91. The molecule has 5 atom stereocenters. The first-order valence-corrected chi connectivity index (χ1v) is 15.0. The van der Waals surface area contributed by atoms with Gasteiger partial charge in [0, 0.05) is 6.42 Å². The number of aliphatic hydroxyl groups is 1. The molecule has 2 aromatic heterocycles. The molecule has 3 N–H and O–H groups in total. The second-order valence-electron chi connectivity index (χ2n) is 11.2. The quantitative estimate of drug-likeness (QED) is 0.141. The van der Waals surface area contributed by atoms with E-state index < -0.39 is 81.2 Å². The van der Waals surface area contributed by atoms with Crippen LogP contribution in [0.15, 0.2) is 18.5 Å². The van der Waals surface area contributed by atoms with Crippen LogP contribution in [0, 0.1) is 11.3 Å². The van der Waals surface area contributed by atoms with Gasteiger partial charge < -0.3 is 29.8 Å². The van der Waals surface area contributed by atoms with Crippen LogP contribution in [0.5, 0.6) is 0 Å². The van der Waals surface area contributed by atoms with Crippen LogP contribution in [0.2, 0.25) is 0 Å². The van der Waals surface area contributed by atoms with E-state index in [4.69, 9.17) is 38.3 Å². The number of carbonyl (C=O) groups excluding carboxylic acids is 3. The topological polar surface area (TPSA) is 209 Å². The molecule has 1 saturated heterocycles. The van der Waals surface area contributed by atoms with Crippen LogP contribution in [0.4, 0.5) is 5.82 Å². The second kappa shape index (κ2) is 13.7. The van der Waals surface area contributed by atoms with E-state index in [-0.39, 0.29) is 12.2 Å². The number of hydrogen-bond acceptors (Lipinski definition) is 15. The van der Waals surface area contributed by atoms with E-state index in [9.17, 15) is 24.1 Å². The van der Waals surface area contributed by atoms with E-state index in [1.807, 2.05) is 0 Å². The van der Waals surface area contributed by atoms with E-state index >= 15 is 0 Å². The van der Waals surface area contributed by atoms with Gasteiger partial charge in [-0.2, -0.15) is 5.10 Å². The van der Waals surface area contributed by atoms with E-state index in [0.717, 1.165) is 0 Å². The first-order chi connectivity index (χ1) is 20.0. The predicted molar refractivity (Wildman–Crippen MR) is 148 cm³/mol. The molecule has 1 aliphatic heterocycles. The first kappa shape index (κ1) is 34.4. The standard InChI is InChI=1S/C26H39N4O12P/c1-8-19(31)41-20-17(42-26(7,21(20)32)18-10-9-16-22(27)28-12-29-30(16)18)11-38-43(35,39-13-36-23(33)15(2)3)40-14-37-24(34)25(4,5)6/h9-10,12,15,17,20-21,32H,8,11,13-14H2,1-7H3,(H2,27,28,29)/t17-,20-,21-,26+,43?/m1/s1. The third-order valence-electron chi connectivity index (χ3n) is 6.48. The predicted octanol–water partition coefficient (Wildman–Crippen LogP) is 2.47. The van der Waals surface area contributed by atoms with Gasteiger partial charge in [-0.15, -0.1) is 0 Å². The van der Waals surface area contributed by atoms with Gasteiger partial charge >= 0.3 is 25.7 Å². The number of hydrogen-bond donors (Lipinski definition) is 2. The zero-order valence-electron chi connectivity index (χ0n) is 25.2. The van der Waals surface area contributed by atoms with Gasteiger partial charge in [-0.3, -0.25) is 18.9 Å². The fourth-order valence-electron chi connectivity index (χ4n) is 3.97. The summed E-state index contributed by atoms with van der Waals surface area (Å²) >= 11 is 0. The molecule has 2 aromatic rings. The molecule has 1 fully saturated rings. The number of ether oxygens (including phenoxy) is 4. The molecular formula is C26H39N4O12P. The number of aromatic nitrogens is 3. The first-order valence-electron chi connectivity index (χ1n) is 13.5. The average molecular weight is 631 g/mol. The smallest absolute Gasteiger partial charge is 0.457 e. The summed E-state index contributed by atoms with van der Waals surface area (Å²) in [7, 11) is -4.60. The number of phosphoric ester groups is 1. The van der Waals surface area contributed by atoms with Crippen molar-refractivity contribution in [2.45, 2.75) is 78.8 Å². The molecule has 1 unspecified atom stereocenters. The van der Waals surface area contributed by atoms with Gasteiger partial charge in [-0.25, -0.2) is 23.1 Å². The van der Waals surface area contributed by atoms with Crippen molar-refractivity contribution in [3.63, 3.8) is 0 Å². The number of fused-ring (bicyclic) bond motifs is 1. The third-order valence-corrected chi connectivity index (χ3v) is 7.79. The van der Waals surface area contributed by atoms with Crippen molar-refractivity contribution in [3.05, 3.63) is 24.2 Å². The van der Waals surface area contributed by atoms with Crippen molar-refractivity contribution in [1.29, 1.82) is 0 Å². The Kier molecular flexibility index (Phi) is 10.9. The Morgan fingerprint density at radius 1 is 1.16 bits per heavy atom. The molecule has 0 saturated carbocycles. The van der Waals surface area contributed by atoms with Crippen molar-refractivity contribution in [2.75, 3.05) is 25.9 Å². The third kappa shape index (κ3) is 8.08. The number of rotatable bonds is 13. The van der Waals surface area contributed by atoms with Gasteiger partial charge in [0.05, 0.1) is 23.6 Å². The molecule has 240 valence electrons. The highest BCUT2D eigenvalue weighted by molar-refractivity contribution is 7.48. The molecule has 17 heteroatoms. The van der Waals surface area contributed by atoms with Crippen LogP contribution in [0.1, 0.15) is 60.6 Å². The summed E-state index contributed by atoms with van der Waals surface area (Å²) in [5, 5.41) is 15.6. The van der Waals surface area contributed by atoms with Crippen molar-refractivity contribution >= 4 is 37.1 Å². The monoisotopic (exact) mass is 630 g/mol. The van der Waals surface area contributed by atoms with Crippen LogP contribution in [0.3, 0.4) is 0 Å². The normalized spacial score (nSPS) is 23.7. The minimum absolute atomic E-state index is 0.00357. The minimum Gasteiger partial charge on any atom is -0.457 e. The highest BCUT2D eigenvalue weighted by Gasteiger charge is 2.56. The fourth-order valence-corrected chi connectivity index (χ4v) is 4.88. The second-order valence-corrected chi connectivity index (χ2v) is 12.9. The molecule has 43 heavy (non-hydrogen) atoms. The number of esters is 3. The van der Waals surface area contributed by atoms with E-state index in [1.165, 1.54) is 10.8 Å². The Morgan fingerprint density at radius 3 is 2.42 bits per heavy atom. The zero-order chi connectivity index (χ0) is 32.2. The maximum atomic E-state index is 13.5. The van der Waals surface area contributed by atoms with Crippen molar-refractivity contribution < 1.29 is 56.6 Å². The maximum absolute atomic E-state index is 13.5. The number of nitrogens with two attached hydrogens (primary N) is 1. The van der Waals surface area contributed by atoms with Gasteiger partial charge in [0.1, 0.15) is 29.7 Å². The van der Waals surface area contributed by atoms with Crippen molar-refractivity contribution in [1.82, 2.24) is 14.6 Å². The van der Waals surface area contributed by atoms with Gasteiger partial charge in [-0.05, 0) is 39.8 Å². The molecule has 0 aliphatic carbocycles. The zero-order valence-corrected chi connectivity index (χ0v) is 26.1. The molecule has 0 radical (unpaired) electrons. The molecule has 3 rings (SSSR count). The Hall–Kier alpha value is -3.14. The van der Waals surface area contributed by atoms with Crippen LogP contribution >= 0.6 is 7.82 Å². The average Bonchev–Trinajstić information content (AvgIpc) is 3.48. The summed E-state index contributed by atoms with van der Waals surface area (Å²) in [4.78, 5) is 40.2. The molecule has 0 aromatic carbocycles. The number of anilines is 1. The number of nitrogen functional groups attached to an aromatic ring is 1. The van der Waals surface area contributed by atoms with Crippen molar-refractivity contribution in [2.24, 2.45) is 11.3 Å². The number of aliphatic hydroxyl groups excluding tert-OH is 1. The highest BCUT2D eigenvalue weighted by Crippen LogP contribution is 2.51. The number of nitrogens with zero attached hydrogens (tertiary/aromatic N) is 3. The molecule has 16 nitrogen and oxygen atoms in total. The molecule has 1 aliphatic rings. The van der Waals surface area contributed by atoms with Gasteiger partial charge in [0.15, 0.2) is 11.9 Å². The SMILES string of the molecule is CCC(=O)O[C@H]1[C@@H](O)[C@](C)(c2ccc3c(N)ncnn23)O[C@@H]1COP(=O)(OCOC(=O)C(C)C)OCOC(=O)C(C)(C)C. The highest BCUT2D eigenvalue weighted by atomic mass is 31.2. The summed E-state index contributed by atoms with van der Waals surface area (Å²) < 4.78 is 52.4. The van der Waals surface area contributed by atoms with Crippen LogP contribution in [0.25, 0.3) is 5.52 Å². The summed E-state index contributed by atoms with van der Waals surface area (Å²) in [5.41, 5.74) is 4.35. The Labute approximate surface area is 248 Å². The lowest BCUT2D eigenvalue weighted by Gasteiger charge is -2.27. The van der Waals surface area contributed by atoms with Crippen LogP contribution in [-0.2, 0) is 57.1 Å². The van der Waals surface area contributed by atoms with Crippen LogP contribution in [-0.4, -0.2) is 76.1 Å². The Morgan fingerprint density at radius 2 is 1.81 bits per heavy atom. The molecule has 0 spiro atoms. The minimum atomic E-state index is -4.60. The van der Waals surface area contributed by atoms with E-state index in [1.54, 1.807) is 60.6 Å². The summed E-state index contributed by atoms with van der Waals surface area (Å²) in [5.74, 6) is -2.24. The molecular weight excluding hydrogens is 591 g/mol. The molecule has 0 bridgehead atoms. The number of phosphoric acid groups is 1. The maximum Gasteiger partial charge on any atom is 0.480 e. The van der Waals surface area contributed by atoms with Crippen molar-refractivity contribution in [3.8, 4) is 0 Å². The van der Waals surface area contributed by atoms with Gasteiger partial charge in [0.2, 0.25) is 13.6 Å². The van der Waals surface area contributed by atoms with Gasteiger partial charge in [0.25, 0.3) is 0 Å². The summed E-state index contributed by atoms with van der Waals surface area (Å²) in [6, 6.07) is 3.26.